The minimum Gasteiger partial charge on any atom is -0.189 e. The van der Waals surface area contributed by atoms with Crippen LogP contribution in [0.5, 0.6) is 0 Å². The summed E-state index contributed by atoms with van der Waals surface area (Å²) in [5.41, 5.74) is 0. The summed E-state index contributed by atoms with van der Waals surface area (Å²) in [6.45, 7) is 0. The molecule has 0 amide bonds. The number of nitriles is 1. The minimum atomic E-state index is -0.271. The molecule has 1 aromatic rings. The fourth-order valence-corrected chi connectivity index (χ4v) is 0.242. The van der Waals surface area contributed by atoms with Crippen LogP contribution in [0.3, 0.4) is 0 Å². The largest absolute Gasteiger partial charge is 0.276 e. The van der Waals surface area contributed by atoms with Gasteiger partial charge in [0.15, 0.2) is 0 Å². The number of nitrogens with zero attached hydrogens (tertiary/aromatic N) is 5. The van der Waals surface area contributed by atoms with E-state index in [-0.39, 0.29) is 10.8 Å². The molecule has 0 spiro atoms. The van der Waals surface area contributed by atoms with Crippen LogP contribution in [0.15, 0.2) is 0 Å². The molecule has 0 fully saturated rings. The summed E-state index contributed by atoms with van der Waals surface area (Å²) in [7, 11) is 0. The third-order valence-electron chi connectivity index (χ3n) is 0.490. The van der Waals surface area contributed by atoms with Crippen molar-refractivity contribution in [2.75, 3.05) is 0 Å². The lowest BCUT2D eigenvalue weighted by atomic mass is 10.7. The highest BCUT2D eigenvalue weighted by atomic mass is 19.2. The summed E-state index contributed by atoms with van der Waals surface area (Å²) in [5, 5.41) is 16.3. The van der Waals surface area contributed by atoms with E-state index in [4.69, 9.17) is 5.26 Å². The molecule has 0 unspecified atom stereocenters. The molecule has 0 aliphatic carbocycles. The average molecular weight is 113 g/mol. The van der Waals surface area contributed by atoms with Crippen molar-refractivity contribution in [2.45, 2.75) is 0 Å². The molecule has 0 saturated carbocycles. The molecule has 0 aliphatic heterocycles. The van der Waals surface area contributed by atoms with Crippen LogP contribution in [-0.2, 0) is 0 Å². The van der Waals surface area contributed by atoms with Crippen LogP contribution in [0.1, 0.15) is 5.82 Å². The molecule has 0 radical (unpaired) electrons. The molecule has 0 atom stereocenters. The van der Waals surface area contributed by atoms with Crippen molar-refractivity contribution < 1.29 is 4.48 Å². The highest BCUT2D eigenvalue weighted by Crippen LogP contribution is 1.78. The molecule has 6 heteroatoms. The van der Waals surface area contributed by atoms with Gasteiger partial charge in [-0.25, -0.2) is 0 Å². The highest BCUT2D eigenvalue weighted by molar-refractivity contribution is 5.02. The second-order valence-corrected chi connectivity index (χ2v) is 0.965. The molecular formula is C2FN5. The zero-order valence-corrected chi connectivity index (χ0v) is 3.61. The monoisotopic (exact) mass is 113 g/mol. The van der Waals surface area contributed by atoms with Crippen molar-refractivity contribution in [3.05, 3.63) is 5.82 Å². The fraction of sp³-hybridized carbons (Fsp3) is 0. The number of halogens is 1. The lowest BCUT2D eigenvalue weighted by Gasteiger charge is -1.65. The normalized spacial score (nSPS) is 8.50. The molecule has 0 aliphatic rings. The predicted octanol–water partition coefficient (Wildman–Crippen LogP) is -0.723. The second-order valence-electron chi connectivity index (χ2n) is 0.965. The number of rotatable bonds is 0. The van der Waals surface area contributed by atoms with Crippen LogP contribution in [-0.4, -0.2) is 20.4 Å². The first-order valence-corrected chi connectivity index (χ1v) is 1.69. The molecule has 0 aromatic carbocycles. The SMILES string of the molecule is N#Cc1nnn(F)n1. The topological polar surface area (TPSA) is 67.4 Å². The maximum atomic E-state index is 11.6. The van der Waals surface area contributed by atoms with Gasteiger partial charge in [-0.15, -0.1) is 0 Å². The van der Waals surface area contributed by atoms with Crippen LogP contribution in [0.25, 0.3) is 0 Å². The van der Waals surface area contributed by atoms with E-state index >= 15 is 0 Å². The summed E-state index contributed by atoms with van der Waals surface area (Å²) >= 11 is 0. The van der Waals surface area contributed by atoms with Gasteiger partial charge in [0.2, 0.25) is 0 Å². The van der Waals surface area contributed by atoms with E-state index in [1.54, 1.807) is 0 Å². The standard InChI is InChI=1S/C2FN5/c3-8-6-2(1-4)5-7-8. The minimum absolute atomic E-state index is 0.265. The summed E-state index contributed by atoms with van der Waals surface area (Å²) in [6, 6.07) is 1.50. The fourth-order valence-electron chi connectivity index (χ4n) is 0.242. The summed E-state index contributed by atoms with van der Waals surface area (Å²) in [6.07, 6.45) is 0. The zero-order chi connectivity index (χ0) is 5.98. The Bertz CT molecular complexity index is 221. The lowest BCUT2D eigenvalue weighted by Crippen LogP contribution is -1.85. The van der Waals surface area contributed by atoms with Gasteiger partial charge in [-0.05, 0) is 5.21 Å². The van der Waals surface area contributed by atoms with Crippen molar-refractivity contribution in [1.29, 1.82) is 5.26 Å². The first kappa shape index (κ1) is 4.64. The summed E-state index contributed by atoms with van der Waals surface area (Å²) in [4.78, 5) is 0. The molecule has 1 heterocycles. The number of tetrazole rings is 1. The molecule has 1 aromatic heterocycles. The Labute approximate surface area is 43.3 Å². The van der Waals surface area contributed by atoms with E-state index in [1.807, 2.05) is 0 Å². The van der Waals surface area contributed by atoms with Gasteiger partial charge in [-0.1, -0.05) is 14.7 Å². The van der Waals surface area contributed by atoms with Crippen LogP contribution in [0, 0.1) is 11.3 Å². The van der Waals surface area contributed by atoms with E-state index in [0.29, 0.717) is 0 Å². The molecule has 0 N–H and O–H groups in total. The first-order valence-electron chi connectivity index (χ1n) is 1.69. The highest BCUT2D eigenvalue weighted by Gasteiger charge is 1.95. The third kappa shape index (κ3) is 0.607. The van der Waals surface area contributed by atoms with Crippen LogP contribution >= 0.6 is 0 Å². The number of hydrogen-bond acceptors (Lipinski definition) is 4. The maximum absolute atomic E-state index is 11.6. The molecule has 0 bridgehead atoms. The Kier molecular flexibility index (Phi) is 0.891. The smallest absolute Gasteiger partial charge is 0.189 e. The number of hydrogen-bond donors (Lipinski definition) is 0. The van der Waals surface area contributed by atoms with Gasteiger partial charge >= 0.3 is 0 Å². The van der Waals surface area contributed by atoms with E-state index < -0.39 is 0 Å². The Morgan fingerprint density at radius 2 is 2.50 bits per heavy atom. The summed E-state index contributed by atoms with van der Waals surface area (Å²) in [5.74, 6) is -0.271. The van der Waals surface area contributed by atoms with Gasteiger partial charge in [-0.3, -0.25) is 0 Å². The molecule has 1 rings (SSSR count). The average Bonchev–Trinajstić information content (AvgIpc) is 2.14. The van der Waals surface area contributed by atoms with Crippen molar-refractivity contribution in [3.8, 4) is 6.07 Å². The molecule has 0 saturated heterocycles. The Balaban J connectivity index is 3.05. The van der Waals surface area contributed by atoms with Crippen molar-refractivity contribution in [1.82, 2.24) is 20.4 Å². The Morgan fingerprint density at radius 1 is 1.75 bits per heavy atom. The van der Waals surface area contributed by atoms with Crippen LogP contribution in [0.4, 0.5) is 4.48 Å². The molecular weight excluding hydrogens is 113 g/mol. The first-order chi connectivity index (χ1) is 3.83. The Morgan fingerprint density at radius 3 is 2.75 bits per heavy atom. The number of aromatic nitrogens is 4. The van der Waals surface area contributed by atoms with Crippen LogP contribution < -0.4 is 0 Å². The van der Waals surface area contributed by atoms with Crippen molar-refractivity contribution >= 4 is 0 Å². The van der Waals surface area contributed by atoms with Gasteiger partial charge in [0, 0.05) is 5.02 Å². The Hall–Kier alpha value is -1.51. The van der Waals surface area contributed by atoms with Crippen LogP contribution in [0.2, 0.25) is 0 Å². The van der Waals surface area contributed by atoms with E-state index in [2.05, 4.69) is 15.4 Å². The third-order valence-corrected chi connectivity index (χ3v) is 0.490. The summed E-state index contributed by atoms with van der Waals surface area (Å²) < 4.78 is 11.6. The van der Waals surface area contributed by atoms with E-state index in [0.717, 1.165) is 0 Å². The van der Waals surface area contributed by atoms with Gasteiger partial charge in [0.25, 0.3) is 5.82 Å². The van der Waals surface area contributed by atoms with Gasteiger partial charge in [0.1, 0.15) is 6.07 Å². The second kappa shape index (κ2) is 1.54. The van der Waals surface area contributed by atoms with E-state index in [1.165, 1.54) is 6.07 Å². The lowest BCUT2D eigenvalue weighted by molar-refractivity contribution is 0.257. The van der Waals surface area contributed by atoms with Crippen molar-refractivity contribution in [3.63, 3.8) is 0 Å². The van der Waals surface area contributed by atoms with Gasteiger partial charge < -0.3 is 0 Å². The van der Waals surface area contributed by atoms with E-state index in [9.17, 15) is 4.48 Å². The van der Waals surface area contributed by atoms with Gasteiger partial charge in [-0.2, -0.15) is 5.26 Å². The quantitative estimate of drug-likeness (QED) is 0.445. The maximum Gasteiger partial charge on any atom is 0.276 e. The predicted molar refractivity (Wildman–Crippen MR) is 19.0 cm³/mol. The van der Waals surface area contributed by atoms with Crippen molar-refractivity contribution in [2.24, 2.45) is 0 Å². The molecule has 40 valence electrons. The van der Waals surface area contributed by atoms with Gasteiger partial charge in [0.05, 0.1) is 0 Å². The zero-order valence-electron chi connectivity index (χ0n) is 3.61. The molecule has 5 nitrogen and oxygen atoms in total. The molecule has 8 heavy (non-hydrogen) atoms.